The Balaban J connectivity index is 3.01. The van der Waals surface area contributed by atoms with Gasteiger partial charge in [-0.2, -0.15) is 5.10 Å². The van der Waals surface area contributed by atoms with Crippen LogP contribution in [-0.2, 0) is 6.61 Å². The second-order valence-electron chi connectivity index (χ2n) is 1.80. The highest BCUT2D eigenvalue weighted by Crippen LogP contribution is 2.05. The number of aryl methyl sites for hydroxylation is 1. The molecule has 0 unspecified atom stereocenters. The largest absolute Gasteiger partial charge is 0.390 e. The SMILES string of the molecule is Cc1cc(CO)n(I)n1. The standard InChI is InChI=1S/C5H7IN2O/c1-4-2-5(3-9)8(6)7-4/h2,9H,3H2,1H3. The van der Waals surface area contributed by atoms with E-state index in [1.807, 2.05) is 35.9 Å². The highest BCUT2D eigenvalue weighted by Gasteiger charge is 1.98. The minimum absolute atomic E-state index is 0.0593. The molecule has 0 saturated carbocycles. The Labute approximate surface area is 67.2 Å². The van der Waals surface area contributed by atoms with Crippen molar-refractivity contribution in [2.45, 2.75) is 13.5 Å². The van der Waals surface area contributed by atoms with Crippen molar-refractivity contribution in [3.05, 3.63) is 17.5 Å². The van der Waals surface area contributed by atoms with Gasteiger partial charge in [-0.15, -0.1) is 0 Å². The number of aliphatic hydroxyl groups is 1. The van der Waals surface area contributed by atoms with Crippen LogP contribution in [0.1, 0.15) is 11.4 Å². The number of rotatable bonds is 1. The van der Waals surface area contributed by atoms with Crippen molar-refractivity contribution in [1.82, 2.24) is 7.99 Å². The zero-order chi connectivity index (χ0) is 6.85. The van der Waals surface area contributed by atoms with Gasteiger partial charge < -0.3 is 5.11 Å². The van der Waals surface area contributed by atoms with Crippen LogP contribution in [0.3, 0.4) is 0 Å². The molecule has 0 radical (unpaired) electrons. The van der Waals surface area contributed by atoms with E-state index in [1.165, 1.54) is 0 Å². The number of aliphatic hydroxyl groups excluding tert-OH is 1. The van der Waals surface area contributed by atoms with Crippen LogP contribution in [0, 0.1) is 6.92 Å². The molecule has 0 fully saturated rings. The summed E-state index contributed by atoms with van der Waals surface area (Å²) < 4.78 is 1.65. The van der Waals surface area contributed by atoms with Gasteiger partial charge in [0.1, 0.15) is 0 Å². The summed E-state index contributed by atoms with van der Waals surface area (Å²) in [6.45, 7) is 1.96. The van der Waals surface area contributed by atoms with Crippen molar-refractivity contribution in [2.75, 3.05) is 0 Å². The van der Waals surface area contributed by atoms with E-state index < -0.39 is 0 Å². The molecule has 0 saturated heterocycles. The number of aromatic nitrogens is 2. The first-order chi connectivity index (χ1) is 4.24. The van der Waals surface area contributed by atoms with Gasteiger partial charge in [0.15, 0.2) is 0 Å². The Hall–Kier alpha value is -0.100. The van der Waals surface area contributed by atoms with Crippen LogP contribution in [0.15, 0.2) is 6.07 Å². The molecule has 0 aliphatic heterocycles. The molecule has 0 amide bonds. The smallest absolute Gasteiger partial charge is 0.0859 e. The lowest BCUT2D eigenvalue weighted by Crippen LogP contribution is -1.89. The zero-order valence-corrected chi connectivity index (χ0v) is 7.16. The Kier molecular flexibility index (Phi) is 2.07. The maximum Gasteiger partial charge on any atom is 0.0859 e. The molecule has 1 aromatic rings. The second-order valence-corrected chi connectivity index (χ2v) is 2.71. The van der Waals surface area contributed by atoms with Gasteiger partial charge in [-0.25, -0.2) is 2.90 Å². The van der Waals surface area contributed by atoms with Crippen LogP contribution in [-0.4, -0.2) is 13.1 Å². The summed E-state index contributed by atoms with van der Waals surface area (Å²) >= 11 is 2.03. The summed E-state index contributed by atoms with van der Waals surface area (Å²) in [5.74, 6) is 0. The lowest BCUT2D eigenvalue weighted by atomic mass is 10.4. The molecule has 0 aromatic carbocycles. The van der Waals surface area contributed by atoms with Crippen molar-refractivity contribution in [3.63, 3.8) is 0 Å². The van der Waals surface area contributed by atoms with Crippen LogP contribution in [0.5, 0.6) is 0 Å². The lowest BCUT2D eigenvalue weighted by Gasteiger charge is -1.89. The molecule has 0 aliphatic rings. The molecule has 0 bridgehead atoms. The van der Waals surface area contributed by atoms with Crippen molar-refractivity contribution < 1.29 is 5.11 Å². The fraction of sp³-hybridized carbons (Fsp3) is 0.400. The Bertz CT molecular complexity index is 209. The molecule has 0 spiro atoms. The van der Waals surface area contributed by atoms with Gasteiger partial charge in [0, 0.05) is 0 Å². The Morgan fingerprint density at radius 1 is 1.89 bits per heavy atom. The Morgan fingerprint density at radius 2 is 2.56 bits per heavy atom. The molecule has 1 aromatic heterocycles. The molecule has 1 rings (SSSR count). The predicted octanol–water partition coefficient (Wildman–Crippen LogP) is 0.882. The van der Waals surface area contributed by atoms with Crippen LogP contribution < -0.4 is 0 Å². The van der Waals surface area contributed by atoms with Gasteiger partial charge in [0.25, 0.3) is 0 Å². The van der Waals surface area contributed by atoms with Gasteiger partial charge in [-0.1, -0.05) is 0 Å². The first kappa shape index (κ1) is 7.01. The predicted molar refractivity (Wildman–Crippen MR) is 42.3 cm³/mol. The van der Waals surface area contributed by atoms with Crippen molar-refractivity contribution >= 4 is 22.9 Å². The molecule has 0 atom stereocenters. The molecule has 1 N–H and O–H groups in total. The van der Waals surface area contributed by atoms with E-state index in [0.717, 1.165) is 11.4 Å². The summed E-state index contributed by atoms with van der Waals surface area (Å²) in [5.41, 5.74) is 1.78. The maximum atomic E-state index is 8.67. The molecule has 0 aliphatic carbocycles. The first-order valence-electron chi connectivity index (χ1n) is 2.56. The number of halogens is 1. The third kappa shape index (κ3) is 1.42. The average Bonchev–Trinajstić information content (AvgIpc) is 2.10. The van der Waals surface area contributed by atoms with Crippen LogP contribution in [0.4, 0.5) is 0 Å². The lowest BCUT2D eigenvalue weighted by molar-refractivity contribution is 0.276. The minimum Gasteiger partial charge on any atom is -0.390 e. The maximum absolute atomic E-state index is 8.67. The topological polar surface area (TPSA) is 38.0 Å². The summed E-state index contributed by atoms with van der Waals surface area (Å²) in [6, 6.07) is 1.85. The first-order valence-corrected chi connectivity index (χ1v) is 3.53. The molecule has 3 nitrogen and oxygen atoms in total. The van der Waals surface area contributed by atoms with Gasteiger partial charge in [-0.05, 0) is 13.0 Å². The molecule has 9 heavy (non-hydrogen) atoms. The zero-order valence-electron chi connectivity index (χ0n) is 5.00. The molecular formula is C5H7IN2O. The normalized spacial score (nSPS) is 10.1. The van der Waals surface area contributed by atoms with Crippen molar-refractivity contribution in [1.29, 1.82) is 0 Å². The Morgan fingerprint density at radius 3 is 2.78 bits per heavy atom. The number of hydrogen-bond acceptors (Lipinski definition) is 2. The second kappa shape index (κ2) is 2.66. The highest BCUT2D eigenvalue weighted by atomic mass is 127. The average molecular weight is 238 g/mol. The van der Waals surface area contributed by atoms with Crippen molar-refractivity contribution in [3.8, 4) is 0 Å². The summed E-state index contributed by atoms with van der Waals surface area (Å²) in [6.07, 6.45) is 0. The van der Waals surface area contributed by atoms with Gasteiger partial charge in [-0.3, -0.25) is 0 Å². The van der Waals surface area contributed by atoms with E-state index >= 15 is 0 Å². The summed E-state index contributed by atoms with van der Waals surface area (Å²) in [4.78, 5) is 0. The number of nitrogens with zero attached hydrogens (tertiary/aromatic N) is 2. The fourth-order valence-electron chi connectivity index (χ4n) is 0.630. The van der Waals surface area contributed by atoms with E-state index in [9.17, 15) is 0 Å². The van der Waals surface area contributed by atoms with Gasteiger partial charge in [0.05, 0.1) is 40.9 Å². The van der Waals surface area contributed by atoms with E-state index in [4.69, 9.17) is 5.11 Å². The van der Waals surface area contributed by atoms with E-state index in [-0.39, 0.29) is 6.61 Å². The third-order valence-electron chi connectivity index (χ3n) is 1.02. The van der Waals surface area contributed by atoms with E-state index in [2.05, 4.69) is 5.10 Å². The molecule has 1 heterocycles. The number of hydrogen-bond donors (Lipinski definition) is 1. The van der Waals surface area contributed by atoms with Gasteiger partial charge in [0.2, 0.25) is 0 Å². The highest BCUT2D eigenvalue weighted by molar-refractivity contribution is 14.1. The third-order valence-corrected chi connectivity index (χ3v) is 1.86. The molecule has 50 valence electrons. The van der Waals surface area contributed by atoms with E-state index in [1.54, 1.807) is 2.90 Å². The fourth-order valence-corrected chi connectivity index (χ4v) is 1.26. The van der Waals surface area contributed by atoms with Crippen molar-refractivity contribution in [2.24, 2.45) is 0 Å². The summed E-state index contributed by atoms with van der Waals surface area (Å²) in [7, 11) is 0. The quantitative estimate of drug-likeness (QED) is 0.737. The van der Waals surface area contributed by atoms with Crippen LogP contribution in [0.25, 0.3) is 0 Å². The van der Waals surface area contributed by atoms with E-state index in [0.29, 0.717) is 0 Å². The molecule has 4 heteroatoms. The van der Waals surface area contributed by atoms with Crippen LogP contribution in [0.2, 0.25) is 0 Å². The minimum atomic E-state index is 0.0593. The van der Waals surface area contributed by atoms with Crippen LogP contribution >= 0.6 is 22.9 Å². The summed E-state index contributed by atoms with van der Waals surface area (Å²) in [5, 5.41) is 12.7. The molecular weight excluding hydrogens is 231 g/mol. The van der Waals surface area contributed by atoms with Gasteiger partial charge >= 0.3 is 0 Å². The monoisotopic (exact) mass is 238 g/mol.